The van der Waals surface area contributed by atoms with Gasteiger partial charge in [0.15, 0.2) is 0 Å². The SMILES string of the molecule is CCC(C)NC(=O)CCc1c(OC)cccc1OC. The second-order valence-electron chi connectivity index (χ2n) is 4.52. The Labute approximate surface area is 115 Å². The molecule has 1 unspecified atom stereocenters. The number of hydrogen-bond donors (Lipinski definition) is 1. The predicted octanol–water partition coefficient (Wildman–Crippen LogP) is 2.55. The van der Waals surface area contributed by atoms with Crippen molar-refractivity contribution in [2.75, 3.05) is 14.2 Å². The molecular formula is C15H23NO3. The molecule has 0 aliphatic carbocycles. The van der Waals surface area contributed by atoms with E-state index in [1.807, 2.05) is 32.0 Å². The van der Waals surface area contributed by atoms with Crippen molar-refractivity contribution >= 4 is 5.91 Å². The molecule has 1 aromatic carbocycles. The molecular weight excluding hydrogens is 242 g/mol. The average molecular weight is 265 g/mol. The number of methoxy groups -OCH3 is 2. The highest BCUT2D eigenvalue weighted by Gasteiger charge is 2.12. The molecule has 1 aromatic rings. The summed E-state index contributed by atoms with van der Waals surface area (Å²) in [5, 5.41) is 2.95. The van der Waals surface area contributed by atoms with Crippen LogP contribution in [0.15, 0.2) is 18.2 Å². The van der Waals surface area contributed by atoms with Gasteiger partial charge < -0.3 is 14.8 Å². The lowest BCUT2D eigenvalue weighted by Gasteiger charge is -2.14. The largest absolute Gasteiger partial charge is 0.496 e. The highest BCUT2D eigenvalue weighted by atomic mass is 16.5. The number of carbonyl (C=O) groups is 1. The van der Waals surface area contributed by atoms with Gasteiger partial charge >= 0.3 is 0 Å². The van der Waals surface area contributed by atoms with Crippen LogP contribution < -0.4 is 14.8 Å². The number of ether oxygens (including phenoxy) is 2. The lowest BCUT2D eigenvalue weighted by atomic mass is 10.1. The van der Waals surface area contributed by atoms with Crippen molar-refractivity contribution in [1.82, 2.24) is 5.32 Å². The number of carbonyl (C=O) groups excluding carboxylic acids is 1. The van der Waals surface area contributed by atoms with Crippen molar-refractivity contribution in [2.45, 2.75) is 39.2 Å². The zero-order valence-electron chi connectivity index (χ0n) is 12.2. The molecule has 1 atom stereocenters. The summed E-state index contributed by atoms with van der Waals surface area (Å²) < 4.78 is 10.6. The number of rotatable bonds is 7. The summed E-state index contributed by atoms with van der Waals surface area (Å²) in [6, 6.07) is 5.85. The monoisotopic (exact) mass is 265 g/mol. The zero-order valence-corrected chi connectivity index (χ0v) is 12.2. The molecule has 0 bridgehead atoms. The third-order valence-electron chi connectivity index (χ3n) is 3.15. The Morgan fingerprint density at radius 3 is 2.32 bits per heavy atom. The second kappa shape index (κ2) is 7.67. The van der Waals surface area contributed by atoms with Crippen molar-refractivity contribution in [2.24, 2.45) is 0 Å². The van der Waals surface area contributed by atoms with Crippen LogP contribution in [0.25, 0.3) is 0 Å². The fourth-order valence-electron chi connectivity index (χ4n) is 1.86. The molecule has 0 radical (unpaired) electrons. The highest BCUT2D eigenvalue weighted by molar-refractivity contribution is 5.76. The molecule has 0 fully saturated rings. The van der Waals surface area contributed by atoms with Gasteiger partial charge in [-0.15, -0.1) is 0 Å². The Morgan fingerprint density at radius 1 is 1.26 bits per heavy atom. The van der Waals surface area contributed by atoms with Gasteiger partial charge in [-0.3, -0.25) is 4.79 Å². The topological polar surface area (TPSA) is 47.6 Å². The fraction of sp³-hybridized carbons (Fsp3) is 0.533. The van der Waals surface area contributed by atoms with Gasteiger partial charge in [-0.1, -0.05) is 13.0 Å². The van der Waals surface area contributed by atoms with Gasteiger partial charge in [0, 0.05) is 18.0 Å². The maximum atomic E-state index is 11.8. The summed E-state index contributed by atoms with van der Waals surface area (Å²) in [5.41, 5.74) is 0.937. The molecule has 0 aliphatic heterocycles. The van der Waals surface area contributed by atoms with E-state index in [0.717, 1.165) is 23.5 Å². The van der Waals surface area contributed by atoms with Gasteiger partial charge in [0.2, 0.25) is 5.91 Å². The van der Waals surface area contributed by atoms with Crippen molar-refractivity contribution in [3.8, 4) is 11.5 Å². The minimum Gasteiger partial charge on any atom is -0.496 e. The maximum Gasteiger partial charge on any atom is 0.220 e. The van der Waals surface area contributed by atoms with Gasteiger partial charge in [0.05, 0.1) is 14.2 Å². The normalized spacial score (nSPS) is 11.8. The lowest BCUT2D eigenvalue weighted by Crippen LogP contribution is -2.32. The van der Waals surface area contributed by atoms with E-state index in [0.29, 0.717) is 12.8 Å². The first kappa shape index (κ1) is 15.3. The van der Waals surface area contributed by atoms with Crippen molar-refractivity contribution in [3.05, 3.63) is 23.8 Å². The summed E-state index contributed by atoms with van der Waals surface area (Å²) in [6.45, 7) is 4.05. The van der Waals surface area contributed by atoms with Gasteiger partial charge in [-0.2, -0.15) is 0 Å². The summed E-state index contributed by atoms with van der Waals surface area (Å²) in [6.07, 6.45) is 1.97. The second-order valence-corrected chi connectivity index (χ2v) is 4.52. The van der Waals surface area contributed by atoms with E-state index in [1.54, 1.807) is 14.2 Å². The lowest BCUT2D eigenvalue weighted by molar-refractivity contribution is -0.121. The molecule has 1 N–H and O–H groups in total. The number of benzene rings is 1. The van der Waals surface area contributed by atoms with Crippen LogP contribution in [0.5, 0.6) is 11.5 Å². The quantitative estimate of drug-likeness (QED) is 0.824. The smallest absolute Gasteiger partial charge is 0.220 e. The van der Waals surface area contributed by atoms with Crippen LogP contribution in [0.1, 0.15) is 32.3 Å². The predicted molar refractivity (Wildman–Crippen MR) is 75.8 cm³/mol. The highest BCUT2D eigenvalue weighted by Crippen LogP contribution is 2.29. The number of nitrogens with one attached hydrogen (secondary N) is 1. The van der Waals surface area contributed by atoms with Gasteiger partial charge in [-0.05, 0) is 31.9 Å². The Balaban J connectivity index is 2.68. The molecule has 0 aromatic heterocycles. The minimum atomic E-state index is 0.0577. The summed E-state index contributed by atoms with van der Waals surface area (Å²) >= 11 is 0. The van der Waals surface area contributed by atoms with E-state index < -0.39 is 0 Å². The first-order valence-electron chi connectivity index (χ1n) is 6.61. The van der Waals surface area contributed by atoms with Crippen LogP contribution in [0, 0.1) is 0 Å². The molecule has 0 saturated carbocycles. The van der Waals surface area contributed by atoms with Crippen LogP contribution in [-0.2, 0) is 11.2 Å². The van der Waals surface area contributed by atoms with E-state index in [2.05, 4.69) is 5.32 Å². The molecule has 106 valence electrons. The van der Waals surface area contributed by atoms with Crippen LogP contribution in [0.4, 0.5) is 0 Å². The molecule has 0 aliphatic rings. The fourth-order valence-corrected chi connectivity index (χ4v) is 1.86. The van der Waals surface area contributed by atoms with Gasteiger partial charge in [-0.25, -0.2) is 0 Å². The van der Waals surface area contributed by atoms with Crippen LogP contribution in [0.3, 0.4) is 0 Å². The van der Waals surface area contributed by atoms with E-state index >= 15 is 0 Å². The van der Waals surface area contributed by atoms with E-state index in [-0.39, 0.29) is 11.9 Å². The third kappa shape index (κ3) is 4.47. The molecule has 1 amide bonds. The molecule has 19 heavy (non-hydrogen) atoms. The molecule has 0 heterocycles. The van der Waals surface area contributed by atoms with Crippen LogP contribution in [0.2, 0.25) is 0 Å². The first-order valence-corrected chi connectivity index (χ1v) is 6.61. The summed E-state index contributed by atoms with van der Waals surface area (Å²) in [4.78, 5) is 11.8. The maximum absolute atomic E-state index is 11.8. The van der Waals surface area contributed by atoms with E-state index in [9.17, 15) is 4.79 Å². The van der Waals surface area contributed by atoms with Crippen LogP contribution >= 0.6 is 0 Å². The Hall–Kier alpha value is -1.71. The van der Waals surface area contributed by atoms with Gasteiger partial charge in [0.25, 0.3) is 0 Å². The summed E-state index contributed by atoms with van der Waals surface area (Å²) in [7, 11) is 3.25. The van der Waals surface area contributed by atoms with Gasteiger partial charge in [0.1, 0.15) is 11.5 Å². The summed E-state index contributed by atoms with van der Waals surface area (Å²) in [5.74, 6) is 1.58. The average Bonchev–Trinajstić information content (AvgIpc) is 2.44. The minimum absolute atomic E-state index is 0.0577. The Bertz CT molecular complexity index is 396. The standard InChI is InChI=1S/C15H23NO3/c1-5-11(2)16-15(17)10-9-12-13(18-3)7-6-8-14(12)19-4/h6-8,11H,5,9-10H2,1-4H3,(H,16,17). The molecule has 1 rings (SSSR count). The van der Waals surface area contributed by atoms with Crippen molar-refractivity contribution < 1.29 is 14.3 Å². The third-order valence-corrected chi connectivity index (χ3v) is 3.15. The van der Waals surface area contributed by atoms with Crippen LogP contribution in [-0.4, -0.2) is 26.2 Å². The molecule has 0 spiro atoms. The van der Waals surface area contributed by atoms with Crippen molar-refractivity contribution in [1.29, 1.82) is 0 Å². The zero-order chi connectivity index (χ0) is 14.3. The first-order chi connectivity index (χ1) is 9.12. The molecule has 4 heteroatoms. The van der Waals surface area contributed by atoms with E-state index in [4.69, 9.17) is 9.47 Å². The Kier molecular flexibility index (Phi) is 6.19. The van der Waals surface area contributed by atoms with E-state index in [1.165, 1.54) is 0 Å². The molecule has 4 nitrogen and oxygen atoms in total. The number of hydrogen-bond acceptors (Lipinski definition) is 3. The van der Waals surface area contributed by atoms with Crippen molar-refractivity contribution in [3.63, 3.8) is 0 Å². The Morgan fingerprint density at radius 2 is 1.84 bits per heavy atom. The number of amides is 1. The molecule has 0 saturated heterocycles.